The van der Waals surface area contributed by atoms with Gasteiger partial charge in [-0.15, -0.1) is 0 Å². The number of hydrogen-bond donors (Lipinski definition) is 0. The summed E-state index contributed by atoms with van der Waals surface area (Å²) in [4.78, 5) is 23.2. The van der Waals surface area contributed by atoms with Gasteiger partial charge in [-0.2, -0.15) is 0 Å². The lowest BCUT2D eigenvalue weighted by atomic mass is 10.3. The van der Waals surface area contributed by atoms with Crippen LogP contribution in [0.1, 0.15) is 0 Å². The smallest absolute Gasteiger partial charge is 0.421 e. The quantitative estimate of drug-likeness (QED) is 0.755. The van der Waals surface area contributed by atoms with Crippen LogP contribution in [0.2, 0.25) is 0 Å². The van der Waals surface area contributed by atoms with E-state index in [0.29, 0.717) is 0 Å². The molecule has 0 N–H and O–H groups in total. The number of hydrogen-bond acceptors (Lipinski definition) is 5. The first-order valence-electron chi connectivity index (χ1n) is 4.44. The van der Waals surface area contributed by atoms with Crippen molar-refractivity contribution in [2.75, 3.05) is 11.5 Å². The lowest BCUT2D eigenvalue weighted by Gasteiger charge is -2.10. The summed E-state index contributed by atoms with van der Waals surface area (Å²) in [6.45, 7) is -0.311. The molecule has 1 saturated heterocycles. The van der Waals surface area contributed by atoms with Crippen molar-refractivity contribution in [2.45, 2.75) is 4.90 Å². The fourth-order valence-corrected chi connectivity index (χ4v) is 2.13. The monoisotopic (exact) mass is 275 g/mol. The van der Waals surface area contributed by atoms with Gasteiger partial charge >= 0.3 is 6.09 Å². The van der Waals surface area contributed by atoms with Gasteiger partial charge in [-0.05, 0) is 24.3 Å². The predicted molar refractivity (Wildman–Crippen MR) is 58.3 cm³/mol. The van der Waals surface area contributed by atoms with Gasteiger partial charge in [0, 0.05) is 10.7 Å². The lowest BCUT2D eigenvalue weighted by Crippen LogP contribution is -2.28. The maximum Gasteiger partial charge on any atom is 0.421 e. The van der Waals surface area contributed by atoms with Crippen LogP contribution in [0.25, 0.3) is 0 Å². The molecule has 0 bridgehead atoms. The van der Waals surface area contributed by atoms with Crippen LogP contribution in [0.5, 0.6) is 0 Å². The van der Waals surface area contributed by atoms with Crippen molar-refractivity contribution in [1.82, 2.24) is 0 Å². The highest BCUT2D eigenvalue weighted by atomic mass is 35.7. The van der Waals surface area contributed by atoms with Gasteiger partial charge in [-0.3, -0.25) is 4.79 Å². The molecule has 1 aliphatic heterocycles. The summed E-state index contributed by atoms with van der Waals surface area (Å²) >= 11 is 0. The Morgan fingerprint density at radius 3 is 2.18 bits per heavy atom. The molecule has 0 radical (unpaired) electrons. The number of halogens is 1. The van der Waals surface area contributed by atoms with E-state index in [1.807, 2.05) is 0 Å². The average molecular weight is 276 g/mol. The van der Waals surface area contributed by atoms with Crippen LogP contribution in [0.15, 0.2) is 29.2 Å². The fraction of sp³-hybridized carbons (Fsp3) is 0.111. The molecule has 1 heterocycles. The zero-order valence-electron chi connectivity index (χ0n) is 8.29. The van der Waals surface area contributed by atoms with Crippen molar-refractivity contribution in [2.24, 2.45) is 0 Å². The average Bonchev–Trinajstić information content (AvgIpc) is 2.58. The summed E-state index contributed by atoms with van der Waals surface area (Å²) < 4.78 is 26.5. The van der Waals surface area contributed by atoms with Crippen molar-refractivity contribution in [1.29, 1.82) is 0 Å². The Bertz CT molecular complexity index is 564. The summed E-state index contributed by atoms with van der Waals surface area (Å²) in [5, 5.41) is 0. The zero-order valence-corrected chi connectivity index (χ0v) is 9.86. The molecule has 1 aromatic rings. The van der Waals surface area contributed by atoms with Crippen LogP contribution in [0, 0.1) is 0 Å². The second-order valence-electron chi connectivity index (χ2n) is 3.22. The van der Waals surface area contributed by atoms with E-state index in [4.69, 9.17) is 10.7 Å². The Hall–Kier alpha value is -1.60. The first-order valence-corrected chi connectivity index (χ1v) is 6.75. The van der Waals surface area contributed by atoms with Crippen molar-refractivity contribution in [3.63, 3.8) is 0 Å². The minimum absolute atomic E-state index is 0.108. The van der Waals surface area contributed by atoms with E-state index in [0.717, 1.165) is 4.90 Å². The van der Waals surface area contributed by atoms with E-state index in [-0.39, 0.29) is 17.2 Å². The number of imide groups is 1. The van der Waals surface area contributed by atoms with E-state index < -0.39 is 21.1 Å². The van der Waals surface area contributed by atoms with Crippen LogP contribution < -0.4 is 4.90 Å². The summed E-state index contributed by atoms with van der Waals surface area (Å²) in [6, 6.07) is 5.02. The SMILES string of the molecule is O=C1COC(=O)N1c1ccc(S(=O)(=O)Cl)cc1. The molecule has 0 spiro atoms. The Balaban J connectivity index is 2.36. The van der Waals surface area contributed by atoms with E-state index >= 15 is 0 Å². The molecule has 1 aromatic carbocycles. The number of carbonyl (C=O) groups excluding carboxylic acids is 2. The molecular weight excluding hydrogens is 270 g/mol. The van der Waals surface area contributed by atoms with E-state index in [1.165, 1.54) is 24.3 Å². The first-order chi connectivity index (χ1) is 7.89. The van der Waals surface area contributed by atoms with Crippen LogP contribution in [0.3, 0.4) is 0 Å². The highest BCUT2D eigenvalue weighted by molar-refractivity contribution is 8.13. The molecule has 0 aliphatic carbocycles. The molecule has 90 valence electrons. The van der Waals surface area contributed by atoms with Gasteiger partial charge in [0.15, 0.2) is 6.61 Å². The Morgan fingerprint density at radius 1 is 1.18 bits per heavy atom. The van der Waals surface area contributed by atoms with Crippen molar-refractivity contribution in [3.8, 4) is 0 Å². The van der Waals surface area contributed by atoms with Crippen LogP contribution in [-0.2, 0) is 18.6 Å². The minimum Gasteiger partial charge on any atom is -0.439 e. The maximum atomic E-state index is 11.3. The number of rotatable bonds is 2. The van der Waals surface area contributed by atoms with Gasteiger partial charge in [-0.25, -0.2) is 18.1 Å². The number of benzene rings is 1. The topological polar surface area (TPSA) is 80.8 Å². The van der Waals surface area contributed by atoms with Crippen LogP contribution in [-0.4, -0.2) is 27.0 Å². The number of cyclic esters (lactones) is 1. The minimum atomic E-state index is -3.82. The molecular formula is C9H6ClNO5S. The van der Waals surface area contributed by atoms with Gasteiger partial charge in [0.05, 0.1) is 10.6 Å². The zero-order chi connectivity index (χ0) is 12.6. The third-order valence-corrected chi connectivity index (χ3v) is 3.50. The van der Waals surface area contributed by atoms with E-state index in [9.17, 15) is 18.0 Å². The van der Waals surface area contributed by atoms with Crippen LogP contribution in [0.4, 0.5) is 10.5 Å². The Labute approximate surface area is 101 Å². The molecule has 0 aromatic heterocycles. The number of anilines is 1. The number of carbonyl (C=O) groups is 2. The molecule has 0 unspecified atom stereocenters. The third-order valence-electron chi connectivity index (χ3n) is 2.13. The molecule has 2 rings (SSSR count). The number of ether oxygens (including phenoxy) is 1. The number of amides is 2. The third kappa shape index (κ3) is 2.25. The van der Waals surface area contributed by atoms with Crippen molar-refractivity contribution in [3.05, 3.63) is 24.3 Å². The second kappa shape index (κ2) is 4.01. The first kappa shape index (κ1) is 11.9. The molecule has 6 nitrogen and oxygen atoms in total. The summed E-state index contributed by atoms with van der Waals surface area (Å²) in [7, 11) is 1.31. The van der Waals surface area contributed by atoms with E-state index in [2.05, 4.69) is 4.74 Å². The molecule has 0 atom stereocenters. The second-order valence-corrected chi connectivity index (χ2v) is 5.78. The fourth-order valence-electron chi connectivity index (χ4n) is 1.36. The van der Waals surface area contributed by atoms with Crippen molar-refractivity contribution >= 4 is 37.4 Å². The lowest BCUT2D eigenvalue weighted by molar-refractivity contribution is -0.117. The van der Waals surface area contributed by atoms with Gasteiger partial charge in [0.1, 0.15) is 0 Å². The standard InChI is InChI=1S/C9H6ClNO5S/c10-17(14,15)7-3-1-6(2-4-7)11-8(12)5-16-9(11)13/h1-4H,5H2. The summed E-state index contributed by atoms with van der Waals surface area (Å²) in [5.74, 6) is -0.503. The van der Waals surface area contributed by atoms with Gasteiger partial charge < -0.3 is 4.74 Å². The van der Waals surface area contributed by atoms with Gasteiger partial charge in [0.2, 0.25) is 0 Å². The molecule has 2 amide bonds. The van der Waals surface area contributed by atoms with Gasteiger partial charge in [0.25, 0.3) is 15.0 Å². The maximum absolute atomic E-state index is 11.3. The highest BCUT2D eigenvalue weighted by Gasteiger charge is 2.32. The number of nitrogens with zero attached hydrogens (tertiary/aromatic N) is 1. The normalized spacial score (nSPS) is 16.2. The van der Waals surface area contributed by atoms with E-state index in [1.54, 1.807) is 0 Å². The molecule has 1 fully saturated rings. The molecule has 8 heteroatoms. The van der Waals surface area contributed by atoms with Gasteiger partial charge in [-0.1, -0.05) is 0 Å². The molecule has 0 saturated carbocycles. The Morgan fingerprint density at radius 2 is 1.76 bits per heavy atom. The molecule has 17 heavy (non-hydrogen) atoms. The highest BCUT2D eigenvalue weighted by Crippen LogP contribution is 2.23. The largest absolute Gasteiger partial charge is 0.439 e. The Kier molecular flexibility index (Phi) is 2.80. The summed E-state index contributed by atoms with van der Waals surface area (Å²) in [5.41, 5.74) is 0.238. The van der Waals surface area contributed by atoms with Crippen LogP contribution >= 0.6 is 10.7 Å². The summed E-state index contributed by atoms with van der Waals surface area (Å²) in [6.07, 6.45) is -0.781. The van der Waals surface area contributed by atoms with Crippen molar-refractivity contribution < 1.29 is 22.7 Å². The molecule has 1 aliphatic rings. The predicted octanol–water partition coefficient (Wildman–Crippen LogP) is 1.10.